The second kappa shape index (κ2) is 14.1. The van der Waals surface area contributed by atoms with E-state index in [1.54, 1.807) is 12.1 Å². The molecule has 236 valence electrons. The van der Waals surface area contributed by atoms with Crippen molar-refractivity contribution < 1.29 is 18.0 Å². The van der Waals surface area contributed by atoms with Gasteiger partial charge in [-0.3, -0.25) is 20.1 Å². The van der Waals surface area contributed by atoms with Crippen molar-refractivity contribution in [3.8, 4) is 11.8 Å². The summed E-state index contributed by atoms with van der Waals surface area (Å²) in [5, 5.41) is 7.75. The van der Waals surface area contributed by atoms with Crippen LogP contribution in [0, 0.1) is 23.7 Å². The van der Waals surface area contributed by atoms with Gasteiger partial charge in [-0.1, -0.05) is 38.8 Å². The number of allylic oxidation sites excluding steroid dienone is 4. The Bertz CT molecular complexity index is 1590. The third-order valence-electron chi connectivity index (χ3n) is 7.52. The molecule has 5 rings (SSSR count). The predicted molar refractivity (Wildman–Crippen MR) is 170 cm³/mol. The van der Waals surface area contributed by atoms with E-state index in [0.29, 0.717) is 31.1 Å². The Balaban J connectivity index is 1.32. The van der Waals surface area contributed by atoms with Crippen LogP contribution < -0.4 is 16.1 Å². The van der Waals surface area contributed by atoms with E-state index in [1.807, 2.05) is 22.1 Å². The molecule has 1 aromatic heterocycles. The highest BCUT2D eigenvalue weighted by atomic mass is 19.4. The third kappa shape index (κ3) is 8.62. The number of amidine groups is 1. The summed E-state index contributed by atoms with van der Waals surface area (Å²) in [6.45, 7) is 10.0. The van der Waals surface area contributed by atoms with Crippen LogP contribution in [0.15, 0.2) is 77.2 Å². The van der Waals surface area contributed by atoms with Gasteiger partial charge in [0.25, 0.3) is 5.91 Å². The zero-order valence-electron chi connectivity index (χ0n) is 25.7. The summed E-state index contributed by atoms with van der Waals surface area (Å²) in [4.78, 5) is 23.9. The van der Waals surface area contributed by atoms with E-state index in [2.05, 4.69) is 70.8 Å². The maximum Gasteiger partial charge on any atom is 0.416 e. The number of hydrogen-bond donors (Lipinski definition) is 3. The van der Waals surface area contributed by atoms with E-state index in [9.17, 15) is 18.0 Å². The molecular formula is C34H38F3N7O. The summed E-state index contributed by atoms with van der Waals surface area (Å²) >= 11 is 0. The number of hydrogen-bond acceptors (Lipinski definition) is 6. The number of carbonyl (C=O) groups excluding carboxylic acids is 1. The molecule has 2 aromatic rings. The van der Waals surface area contributed by atoms with Gasteiger partial charge in [-0.25, -0.2) is 9.99 Å². The monoisotopic (exact) mass is 617 g/mol. The fourth-order valence-corrected chi connectivity index (χ4v) is 5.13. The van der Waals surface area contributed by atoms with Crippen LogP contribution in [0.3, 0.4) is 0 Å². The van der Waals surface area contributed by atoms with Crippen molar-refractivity contribution in [3.05, 3.63) is 94.5 Å². The number of rotatable bonds is 6. The van der Waals surface area contributed by atoms with Crippen LogP contribution in [-0.4, -0.2) is 59.4 Å². The largest absolute Gasteiger partial charge is 0.416 e. The number of fused-ring (bicyclic) bond motifs is 1. The fourth-order valence-electron chi connectivity index (χ4n) is 5.13. The number of aromatic nitrogens is 1. The van der Waals surface area contributed by atoms with Crippen molar-refractivity contribution in [3.63, 3.8) is 0 Å². The lowest BCUT2D eigenvalue weighted by molar-refractivity contribution is -0.138. The second-order valence-electron chi connectivity index (χ2n) is 11.8. The Hall–Kier alpha value is -4.40. The number of halogens is 3. The number of piperazine rings is 1. The van der Waals surface area contributed by atoms with Crippen molar-refractivity contribution in [1.29, 1.82) is 0 Å². The van der Waals surface area contributed by atoms with Crippen LogP contribution in [0.2, 0.25) is 0 Å². The van der Waals surface area contributed by atoms with E-state index in [0.717, 1.165) is 42.8 Å². The molecule has 0 bridgehead atoms. The Labute approximate surface area is 262 Å². The summed E-state index contributed by atoms with van der Waals surface area (Å²) in [5.41, 5.74) is 4.93. The lowest BCUT2D eigenvalue weighted by atomic mass is 10.0. The van der Waals surface area contributed by atoms with Crippen LogP contribution in [0.1, 0.15) is 54.2 Å². The quantitative estimate of drug-likeness (QED) is 0.380. The average Bonchev–Trinajstić information content (AvgIpc) is 3.17. The molecule has 1 fully saturated rings. The molecule has 4 heterocycles. The number of amides is 1. The zero-order valence-corrected chi connectivity index (χ0v) is 25.7. The molecule has 1 saturated heterocycles. The summed E-state index contributed by atoms with van der Waals surface area (Å²) in [6.07, 6.45) is 6.00. The van der Waals surface area contributed by atoms with Gasteiger partial charge < -0.3 is 10.6 Å². The normalized spacial score (nSPS) is 19.6. The SMILES string of the molecule is CC(C)CN=C1C=CC2=CCC(C)C=C(C#Cc3ccnc(NC(=O)c4ccc(CN5CCNCC5)c(C(F)(F)F)c4)c3)N2N1. The molecule has 0 aliphatic carbocycles. The number of benzene rings is 1. The van der Waals surface area contributed by atoms with Crippen LogP contribution in [0.5, 0.6) is 0 Å². The van der Waals surface area contributed by atoms with Crippen molar-refractivity contribution in [2.24, 2.45) is 16.8 Å². The molecule has 3 aliphatic rings. The summed E-state index contributed by atoms with van der Waals surface area (Å²) in [5.74, 6) is 7.34. The molecule has 11 heteroatoms. The smallest absolute Gasteiger partial charge is 0.314 e. The van der Waals surface area contributed by atoms with Gasteiger partial charge in [0.05, 0.1) is 11.3 Å². The summed E-state index contributed by atoms with van der Waals surface area (Å²) < 4.78 is 42.0. The maximum absolute atomic E-state index is 14.0. The number of carbonyl (C=O) groups is 1. The molecule has 1 atom stereocenters. The number of alkyl halides is 3. The molecule has 3 N–H and O–H groups in total. The Morgan fingerprint density at radius 1 is 1.16 bits per heavy atom. The van der Waals surface area contributed by atoms with Crippen LogP contribution >= 0.6 is 0 Å². The molecule has 3 aliphatic heterocycles. The first kappa shape index (κ1) is 32.0. The highest BCUT2D eigenvalue weighted by Gasteiger charge is 2.34. The zero-order chi connectivity index (χ0) is 32.0. The van der Waals surface area contributed by atoms with E-state index >= 15 is 0 Å². The summed E-state index contributed by atoms with van der Waals surface area (Å²) in [7, 11) is 0. The molecule has 0 saturated carbocycles. The number of nitrogens with zero attached hydrogens (tertiary/aromatic N) is 4. The van der Waals surface area contributed by atoms with Gasteiger partial charge in [-0.05, 0) is 72.2 Å². The van der Waals surface area contributed by atoms with Crippen LogP contribution in [0.25, 0.3) is 0 Å². The van der Waals surface area contributed by atoms with E-state index < -0.39 is 17.6 Å². The topological polar surface area (TPSA) is 84.9 Å². The number of anilines is 1. The molecule has 8 nitrogen and oxygen atoms in total. The summed E-state index contributed by atoms with van der Waals surface area (Å²) in [6, 6.07) is 7.05. The minimum Gasteiger partial charge on any atom is -0.314 e. The van der Waals surface area contributed by atoms with Gasteiger partial charge in [-0.2, -0.15) is 13.2 Å². The Morgan fingerprint density at radius 2 is 1.96 bits per heavy atom. The van der Waals surface area contributed by atoms with Crippen molar-refractivity contribution in [1.82, 2.24) is 25.6 Å². The highest BCUT2D eigenvalue weighted by molar-refractivity contribution is 6.04. The van der Waals surface area contributed by atoms with Crippen molar-refractivity contribution in [2.75, 3.05) is 38.0 Å². The molecule has 1 amide bonds. The van der Waals surface area contributed by atoms with E-state index in [4.69, 9.17) is 0 Å². The minimum absolute atomic E-state index is 0.0965. The Morgan fingerprint density at radius 3 is 2.71 bits per heavy atom. The lowest BCUT2D eigenvalue weighted by Crippen LogP contribution is -2.43. The van der Waals surface area contributed by atoms with Crippen molar-refractivity contribution >= 4 is 17.6 Å². The minimum atomic E-state index is -4.59. The van der Waals surface area contributed by atoms with Gasteiger partial charge in [0, 0.05) is 56.6 Å². The molecule has 0 radical (unpaired) electrons. The molecule has 1 aromatic carbocycles. The van der Waals surface area contributed by atoms with Gasteiger partial charge in [0.2, 0.25) is 0 Å². The molecule has 45 heavy (non-hydrogen) atoms. The third-order valence-corrected chi connectivity index (χ3v) is 7.52. The number of hydrazine groups is 1. The Kier molecular flexibility index (Phi) is 10.1. The first-order chi connectivity index (χ1) is 21.5. The van der Waals surface area contributed by atoms with E-state index in [1.165, 1.54) is 18.3 Å². The van der Waals surface area contributed by atoms with Gasteiger partial charge >= 0.3 is 6.18 Å². The van der Waals surface area contributed by atoms with Gasteiger partial charge in [0.15, 0.2) is 0 Å². The number of nitrogens with one attached hydrogen (secondary N) is 3. The molecule has 1 unspecified atom stereocenters. The molecule has 0 spiro atoms. The number of aliphatic imine (C=N–C) groups is 1. The standard InChI is InChI=1S/C34H38F3N7O/c1-23(2)21-40-31-11-10-28-8-4-24(3)18-29(44(28)42-31)9-5-25-12-13-39-32(19-25)41-33(45)26-6-7-27(30(20-26)34(35,36)37)22-43-16-14-38-15-17-43/h6-8,10-13,18-20,23-24,38H,4,14-17,21-22H2,1-3H3,(H,40,42)(H,39,41,45). The average molecular weight is 618 g/mol. The fraction of sp³-hybridized carbons (Fsp3) is 0.382. The highest BCUT2D eigenvalue weighted by Crippen LogP contribution is 2.33. The first-order valence-electron chi connectivity index (χ1n) is 15.2. The van der Waals surface area contributed by atoms with E-state index in [-0.39, 0.29) is 29.4 Å². The number of pyridine rings is 1. The van der Waals surface area contributed by atoms with Crippen LogP contribution in [0.4, 0.5) is 19.0 Å². The van der Waals surface area contributed by atoms with Gasteiger partial charge in [-0.15, -0.1) is 0 Å². The first-order valence-corrected chi connectivity index (χ1v) is 15.2. The van der Waals surface area contributed by atoms with Crippen molar-refractivity contribution in [2.45, 2.75) is 39.9 Å². The molecular weight excluding hydrogens is 579 g/mol. The van der Waals surface area contributed by atoms with Gasteiger partial charge in [0.1, 0.15) is 17.4 Å². The lowest BCUT2D eigenvalue weighted by Gasteiger charge is -2.29. The second-order valence-corrected chi connectivity index (χ2v) is 11.8. The maximum atomic E-state index is 14.0. The van der Waals surface area contributed by atoms with Crippen LogP contribution in [-0.2, 0) is 12.7 Å². The predicted octanol–water partition coefficient (Wildman–Crippen LogP) is 5.35.